The fraction of sp³-hybridized carbons (Fsp3) is 0.727. The number of carbonyl (C=O) groups excluding carboxylic acids is 1. The highest BCUT2D eigenvalue weighted by Crippen LogP contribution is 2.32. The largest absolute Gasteiger partial charge is 0.371 e. The SMILES string of the molecule is O=C(Nc1nnc(C2CCCO2)s1)C1CCCO1. The molecule has 3 rings (SSSR count). The lowest BCUT2D eigenvalue weighted by atomic mass is 10.2. The molecular weight excluding hydrogens is 254 g/mol. The average molecular weight is 269 g/mol. The minimum atomic E-state index is -0.333. The zero-order chi connectivity index (χ0) is 12.4. The Kier molecular flexibility index (Phi) is 3.53. The highest BCUT2D eigenvalue weighted by atomic mass is 32.1. The summed E-state index contributed by atoms with van der Waals surface area (Å²) < 4.78 is 10.8. The van der Waals surface area contributed by atoms with E-state index in [9.17, 15) is 4.79 Å². The molecule has 2 saturated heterocycles. The number of nitrogens with zero attached hydrogens (tertiary/aromatic N) is 2. The molecule has 6 nitrogen and oxygen atoms in total. The van der Waals surface area contributed by atoms with Crippen LogP contribution in [0, 0.1) is 0 Å². The van der Waals surface area contributed by atoms with Crippen molar-refractivity contribution in [2.75, 3.05) is 18.5 Å². The summed E-state index contributed by atoms with van der Waals surface area (Å²) in [5.41, 5.74) is 0. The number of ether oxygens (including phenoxy) is 2. The van der Waals surface area contributed by atoms with Gasteiger partial charge in [-0.15, -0.1) is 10.2 Å². The maximum Gasteiger partial charge on any atom is 0.255 e. The molecule has 1 aromatic rings. The molecule has 2 atom stereocenters. The summed E-state index contributed by atoms with van der Waals surface area (Å²) in [4.78, 5) is 11.8. The van der Waals surface area contributed by atoms with Crippen LogP contribution in [0.15, 0.2) is 0 Å². The minimum Gasteiger partial charge on any atom is -0.371 e. The first-order chi connectivity index (χ1) is 8.83. The van der Waals surface area contributed by atoms with Crippen LogP contribution in [0.25, 0.3) is 0 Å². The van der Waals surface area contributed by atoms with Crippen molar-refractivity contribution >= 4 is 22.4 Å². The lowest BCUT2D eigenvalue weighted by Crippen LogP contribution is -2.26. The van der Waals surface area contributed by atoms with Crippen molar-refractivity contribution in [1.29, 1.82) is 0 Å². The van der Waals surface area contributed by atoms with Crippen molar-refractivity contribution in [2.24, 2.45) is 0 Å². The number of carbonyl (C=O) groups is 1. The Hall–Kier alpha value is -1.05. The Balaban J connectivity index is 1.60. The molecule has 3 heterocycles. The van der Waals surface area contributed by atoms with Crippen LogP contribution in [-0.4, -0.2) is 35.4 Å². The average Bonchev–Trinajstić information content (AvgIpc) is 3.12. The second kappa shape index (κ2) is 5.29. The van der Waals surface area contributed by atoms with Crippen LogP contribution in [0.1, 0.15) is 36.8 Å². The summed E-state index contributed by atoms with van der Waals surface area (Å²) in [5, 5.41) is 12.2. The molecular formula is C11H15N3O3S. The maximum absolute atomic E-state index is 11.8. The Morgan fingerprint density at radius 2 is 2.06 bits per heavy atom. The lowest BCUT2D eigenvalue weighted by Gasteiger charge is -2.07. The molecule has 0 saturated carbocycles. The standard InChI is InChI=1S/C11H15N3O3S/c15-9(7-3-1-5-16-7)12-11-14-13-10(18-11)8-4-2-6-17-8/h7-8H,1-6H2,(H,12,14,15). The molecule has 2 aliphatic heterocycles. The van der Waals surface area contributed by atoms with E-state index < -0.39 is 0 Å². The van der Waals surface area contributed by atoms with E-state index in [1.54, 1.807) is 0 Å². The molecule has 0 aliphatic carbocycles. The van der Waals surface area contributed by atoms with Gasteiger partial charge in [-0.05, 0) is 25.7 Å². The first kappa shape index (κ1) is 12.0. The quantitative estimate of drug-likeness (QED) is 0.900. The highest BCUT2D eigenvalue weighted by molar-refractivity contribution is 7.15. The molecule has 98 valence electrons. The van der Waals surface area contributed by atoms with Gasteiger partial charge in [0, 0.05) is 13.2 Å². The topological polar surface area (TPSA) is 73.3 Å². The third-order valence-electron chi connectivity index (χ3n) is 3.10. The van der Waals surface area contributed by atoms with Crippen LogP contribution in [0.5, 0.6) is 0 Å². The van der Waals surface area contributed by atoms with Crippen LogP contribution < -0.4 is 5.32 Å². The summed E-state index contributed by atoms with van der Waals surface area (Å²) in [6.07, 6.45) is 3.48. The molecule has 0 radical (unpaired) electrons. The highest BCUT2D eigenvalue weighted by Gasteiger charge is 2.26. The molecule has 0 bridgehead atoms. The fourth-order valence-electron chi connectivity index (χ4n) is 2.16. The molecule has 2 fully saturated rings. The van der Waals surface area contributed by atoms with E-state index in [1.165, 1.54) is 11.3 Å². The van der Waals surface area contributed by atoms with Crippen molar-refractivity contribution in [3.05, 3.63) is 5.01 Å². The van der Waals surface area contributed by atoms with Gasteiger partial charge < -0.3 is 9.47 Å². The van der Waals surface area contributed by atoms with Crippen molar-refractivity contribution in [3.63, 3.8) is 0 Å². The van der Waals surface area contributed by atoms with Crippen LogP contribution in [-0.2, 0) is 14.3 Å². The predicted octanol–water partition coefficient (Wildman–Crippen LogP) is 1.51. The van der Waals surface area contributed by atoms with Gasteiger partial charge in [-0.25, -0.2) is 0 Å². The number of hydrogen-bond donors (Lipinski definition) is 1. The van der Waals surface area contributed by atoms with Crippen molar-refractivity contribution in [3.8, 4) is 0 Å². The van der Waals surface area contributed by atoms with E-state index in [-0.39, 0.29) is 18.1 Å². The normalized spacial score (nSPS) is 27.6. The van der Waals surface area contributed by atoms with E-state index in [0.717, 1.165) is 37.3 Å². The van der Waals surface area contributed by atoms with Crippen LogP contribution >= 0.6 is 11.3 Å². The van der Waals surface area contributed by atoms with Crippen LogP contribution in [0.2, 0.25) is 0 Å². The number of aromatic nitrogens is 2. The van der Waals surface area contributed by atoms with Crippen LogP contribution in [0.4, 0.5) is 5.13 Å². The predicted molar refractivity (Wildman–Crippen MR) is 65.4 cm³/mol. The molecule has 1 N–H and O–H groups in total. The smallest absolute Gasteiger partial charge is 0.255 e. The summed E-state index contributed by atoms with van der Waals surface area (Å²) in [7, 11) is 0. The Labute approximate surface area is 109 Å². The van der Waals surface area contributed by atoms with Gasteiger partial charge in [0.1, 0.15) is 17.2 Å². The zero-order valence-corrected chi connectivity index (χ0v) is 10.7. The molecule has 1 aromatic heterocycles. The van der Waals surface area contributed by atoms with Gasteiger partial charge in [-0.1, -0.05) is 11.3 Å². The number of nitrogens with one attached hydrogen (secondary N) is 1. The van der Waals surface area contributed by atoms with Crippen molar-refractivity contribution in [2.45, 2.75) is 37.9 Å². The van der Waals surface area contributed by atoms with Crippen molar-refractivity contribution < 1.29 is 14.3 Å². The van der Waals surface area contributed by atoms with Gasteiger partial charge >= 0.3 is 0 Å². The van der Waals surface area contributed by atoms with Gasteiger partial charge in [-0.2, -0.15) is 0 Å². The summed E-state index contributed by atoms with van der Waals surface area (Å²) in [6.45, 7) is 1.44. The van der Waals surface area contributed by atoms with Crippen LogP contribution in [0.3, 0.4) is 0 Å². The van der Waals surface area contributed by atoms with Crippen molar-refractivity contribution in [1.82, 2.24) is 10.2 Å². The van der Waals surface area contributed by atoms with Gasteiger partial charge in [0.15, 0.2) is 0 Å². The van der Waals surface area contributed by atoms with E-state index in [0.29, 0.717) is 11.7 Å². The molecule has 7 heteroatoms. The van der Waals surface area contributed by atoms with E-state index in [4.69, 9.17) is 9.47 Å². The molecule has 0 spiro atoms. The molecule has 2 unspecified atom stereocenters. The maximum atomic E-state index is 11.8. The summed E-state index contributed by atoms with van der Waals surface area (Å²) in [5.74, 6) is -0.123. The minimum absolute atomic E-state index is 0.0517. The zero-order valence-electron chi connectivity index (χ0n) is 9.92. The third kappa shape index (κ3) is 2.52. The first-order valence-corrected chi connectivity index (χ1v) is 7.02. The lowest BCUT2D eigenvalue weighted by molar-refractivity contribution is -0.124. The van der Waals surface area contributed by atoms with Gasteiger partial charge in [0.25, 0.3) is 5.91 Å². The second-order valence-electron chi connectivity index (χ2n) is 4.44. The number of hydrogen-bond acceptors (Lipinski definition) is 6. The van der Waals surface area contributed by atoms with E-state index in [2.05, 4.69) is 15.5 Å². The molecule has 18 heavy (non-hydrogen) atoms. The summed E-state index contributed by atoms with van der Waals surface area (Å²) in [6, 6.07) is 0. The molecule has 0 aromatic carbocycles. The monoisotopic (exact) mass is 269 g/mol. The van der Waals surface area contributed by atoms with Gasteiger partial charge in [-0.3, -0.25) is 10.1 Å². The van der Waals surface area contributed by atoms with Gasteiger partial charge in [0.2, 0.25) is 5.13 Å². The summed E-state index contributed by atoms with van der Waals surface area (Å²) >= 11 is 1.38. The Morgan fingerprint density at radius 3 is 2.78 bits per heavy atom. The second-order valence-corrected chi connectivity index (χ2v) is 5.45. The first-order valence-electron chi connectivity index (χ1n) is 6.20. The number of anilines is 1. The fourth-order valence-corrected chi connectivity index (χ4v) is 2.99. The Morgan fingerprint density at radius 1 is 1.22 bits per heavy atom. The third-order valence-corrected chi connectivity index (χ3v) is 4.03. The van der Waals surface area contributed by atoms with Gasteiger partial charge in [0.05, 0.1) is 0 Å². The van der Waals surface area contributed by atoms with E-state index in [1.807, 2.05) is 0 Å². The van der Waals surface area contributed by atoms with E-state index >= 15 is 0 Å². The molecule has 1 amide bonds. The number of rotatable bonds is 3. The Bertz CT molecular complexity index is 425. The molecule has 2 aliphatic rings. The number of amides is 1.